The number of methoxy groups -OCH3 is 1. The third-order valence-electron chi connectivity index (χ3n) is 2.89. The highest BCUT2D eigenvalue weighted by atomic mass is 35.5. The van der Waals surface area contributed by atoms with E-state index in [1.165, 1.54) is 25.5 Å². The fourth-order valence-electron chi connectivity index (χ4n) is 1.79. The van der Waals surface area contributed by atoms with Crippen LogP contribution in [-0.4, -0.2) is 25.8 Å². The summed E-state index contributed by atoms with van der Waals surface area (Å²) in [7, 11) is 1.34. The standard InChI is InChI=1S/C16H13ClF2N2O3/c1-23-13-7-2-10(8-14(13)24-16(18)19)9-20-21-15(22)11-3-5-12(17)6-4-11/h2-9,16H,1H3,(H,21,22)/b20-9-. The zero-order valence-electron chi connectivity index (χ0n) is 12.5. The zero-order valence-corrected chi connectivity index (χ0v) is 13.3. The van der Waals surface area contributed by atoms with Gasteiger partial charge in [-0.1, -0.05) is 11.6 Å². The first kappa shape index (κ1) is 17.7. The third kappa shape index (κ3) is 4.92. The monoisotopic (exact) mass is 354 g/mol. The summed E-state index contributed by atoms with van der Waals surface area (Å²) in [6.45, 7) is -2.98. The minimum atomic E-state index is -2.98. The Kier molecular flexibility index (Phi) is 6.08. The van der Waals surface area contributed by atoms with E-state index in [1.807, 2.05) is 0 Å². The van der Waals surface area contributed by atoms with Crippen molar-refractivity contribution in [2.24, 2.45) is 5.10 Å². The Morgan fingerprint density at radius 3 is 2.54 bits per heavy atom. The van der Waals surface area contributed by atoms with E-state index in [2.05, 4.69) is 15.3 Å². The second kappa shape index (κ2) is 8.26. The van der Waals surface area contributed by atoms with Gasteiger partial charge in [0, 0.05) is 10.6 Å². The molecule has 1 N–H and O–H groups in total. The molecule has 0 aliphatic heterocycles. The van der Waals surface area contributed by atoms with Gasteiger partial charge >= 0.3 is 6.61 Å². The average molecular weight is 355 g/mol. The van der Waals surface area contributed by atoms with Crippen molar-refractivity contribution in [2.75, 3.05) is 7.11 Å². The van der Waals surface area contributed by atoms with Crippen molar-refractivity contribution in [3.63, 3.8) is 0 Å². The number of nitrogens with one attached hydrogen (secondary N) is 1. The van der Waals surface area contributed by atoms with Gasteiger partial charge in [-0.15, -0.1) is 0 Å². The van der Waals surface area contributed by atoms with E-state index in [0.29, 0.717) is 16.1 Å². The largest absolute Gasteiger partial charge is 0.493 e. The summed E-state index contributed by atoms with van der Waals surface area (Å²) in [6, 6.07) is 10.6. The van der Waals surface area contributed by atoms with Gasteiger partial charge in [0.2, 0.25) is 0 Å². The molecule has 0 saturated carbocycles. The summed E-state index contributed by atoms with van der Waals surface area (Å²) in [6.07, 6.45) is 1.30. The van der Waals surface area contributed by atoms with E-state index in [4.69, 9.17) is 16.3 Å². The molecule has 5 nitrogen and oxygen atoms in total. The van der Waals surface area contributed by atoms with E-state index >= 15 is 0 Å². The minimum Gasteiger partial charge on any atom is -0.493 e. The molecule has 0 fully saturated rings. The van der Waals surface area contributed by atoms with Gasteiger partial charge in [-0.25, -0.2) is 5.43 Å². The fourth-order valence-corrected chi connectivity index (χ4v) is 1.92. The van der Waals surface area contributed by atoms with Gasteiger partial charge in [0.25, 0.3) is 5.91 Å². The van der Waals surface area contributed by atoms with Gasteiger partial charge < -0.3 is 9.47 Å². The number of rotatable bonds is 6. The van der Waals surface area contributed by atoms with Crippen LogP contribution in [0.2, 0.25) is 5.02 Å². The number of hydrogen-bond acceptors (Lipinski definition) is 4. The van der Waals surface area contributed by atoms with Crippen LogP contribution in [0.3, 0.4) is 0 Å². The molecule has 0 atom stereocenters. The lowest BCUT2D eigenvalue weighted by atomic mass is 10.2. The van der Waals surface area contributed by atoms with Crippen molar-refractivity contribution in [1.82, 2.24) is 5.43 Å². The molecule has 0 spiro atoms. The SMILES string of the molecule is COc1ccc(/C=N\NC(=O)c2ccc(Cl)cc2)cc1OC(F)F. The molecule has 0 aliphatic carbocycles. The maximum atomic E-state index is 12.4. The number of benzene rings is 2. The molecule has 0 bridgehead atoms. The van der Waals surface area contributed by atoms with Crippen molar-refractivity contribution in [2.45, 2.75) is 6.61 Å². The van der Waals surface area contributed by atoms with E-state index in [9.17, 15) is 13.6 Å². The van der Waals surface area contributed by atoms with Crippen LogP contribution < -0.4 is 14.9 Å². The molecule has 0 radical (unpaired) electrons. The number of hydrazone groups is 1. The molecular formula is C16H13ClF2N2O3. The number of carbonyl (C=O) groups is 1. The van der Waals surface area contributed by atoms with E-state index in [0.717, 1.165) is 0 Å². The summed E-state index contributed by atoms with van der Waals surface area (Å²) in [4.78, 5) is 11.8. The minimum absolute atomic E-state index is 0.125. The van der Waals surface area contributed by atoms with Gasteiger partial charge in [0.1, 0.15) is 0 Å². The van der Waals surface area contributed by atoms with Crippen LogP contribution in [0.4, 0.5) is 8.78 Å². The normalized spacial score (nSPS) is 10.9. The second-order valence-corrected chi connectivity index (χ2v) is 4.93. The van der Waals surface area contributed by atoms with Crippen molar-refractivity contribution in [1.29, 1.82) is 0 Å². The van der Waals surface area contributed by atoms with E-state index < -0.39 is 12.5 Å². The number of hydrogen-bond donors (Lipinski definition) is 1. The number of alkyl halides is 2. The topological polar surface area (TPSA) is 59.9 Å². The Balaban J connectivity index is 2.05. The molecule has 0 unspecified atom stereocenters. The molecule has 1 amide bonds. The van der Waals surface area contributed by atoms with E-state index in [1.54, 1.807) is 30.3 Å². The van der Waals surface area contributed by atoms with Crippen LogP contribution in [0, 0.1) is 0 Å². The third-order valence-corrected chi connectivity index (χ3v) is 3.14. The van der Waals surface area contributed by atoms with Crippen LogP contribution >= 0.6 is 11.6 Å². The Morgan fingerprint density at radius 1 is 1.21 bits per heavy atom. The molecule has 8 heteroatoms. The highest BCUT2D eigenvalue weighted by Crippen LogP contribution is 2.28. The fraction of sp³-hybridized carbons (Fsp3) is 0.125. The van der Waals surface area contributed by atoms with Crippen LogP contribution in [0.1, 0.15) is 15.9 Å². The summed E-state index contributed by atoms with van der Waals surface area (Å²) in [5, 5.41) is 4.29. The molecule has 2 rings (SSSR count). The van der Waals surface area contributed by atoms with Crippen molar-refractivity contribution in [3.05, 3.63) is 58.6 Å². The lowest BCUT2D eigenvalue weighted by Gasteiger charge is -2.10. The Morgan fingerprint density at radius 2 is 1.92 bits per heavy atom. The Hall–Kier alpha value is -2.67. The van der Waals surface area contributed by atoms with Crippen molar-refractivity contribution in [3.8, 4) is 11.5 Å². The Labute approximate surface area is 141 Å². The first-order valence-electron chi connectivity index (χ1n) is 6.71. The number of nitrogens with zero attached hydrogens (tertiary/aromatic N) is 1. The summed E-state index contributed by atoms with van der Waals surface area (Å²) >= 11 is 5.74. The molecule has 0 aromatic heterocycles. The smallest absolute Gasteiger partial charge is 0.387 e. The van der Waals surface area contributed by atoms with Crippen LogP contribution in [0.15, 0.2) is 47.6 Å². The predicted molar refractivity (Wildman–Crippen MR) is 86.1 cm³/mol. The molecule has 0 heterocycles. The van der Waals surface area contributed by atoms with Gasteiger partial charge in [0.05, 0.1) is 13.3 Å². The summed E-state index contributed by atoms with van der Waals surface area (Å²) in [5.41, 5.74) is 3.15. The maximum absolute atomic E-state index is 12.4. The lowest BCUT2D eigenvalue weighted by molar-refractivity contribution is -0.0512. The van der Waals surface area contributed by atoms with Gasteiger partial charge in [-0.2, -0.15) is 13.9 Å². The molecular weight excluding hydrogens is 342 g/mol. The lowest BCUT2D eigenvalue weighted by Crippen LogP contribution is -2.17. The van der Waals surface area contributed by atoms with Crippen LogP contribution in [0.5, 0.6) is 11.5 Å². The number of halogens is 3. The molecule has 2 aromatic carbocycles. The molecule has 126 valence electrons. The highest BCUT2D eigenvalue weighted by Gasteiger charge is 2.10. The predicted octanol–water partition coefficient (Wildman–Crippen LogP) is 3.71. The summed E-state index contributed by atoms with van der Waals surface area (Å²) in [5.74, 6) is -0.390. The number of carbonyl (C=O) groups excluding carboxylic acids is 1. The highest BCUT2D eigenvalue weighted by molar-refractivity contribution is 6.30. The molecule has 24 heavy (non-hydrogen) atoms. The zero-order chi connectivity index (χ0) is 17.5. The van der Waals surface area contributed by atoms with Gasteiger partial charge in [-0.3, -0.25) is 4.79 Å². The van der Waals surface area contributed by atoms with Gasteiger partial charge in [0.15, 0.2) is 11.5 Å². The maximum Gasteiger partial charge on any atom is 0.387 e. The van der Waals surface area contributed by atoms with Crippen LogP contribution in [-0.2, 0) is 0 Å². The number of ether oxygens (including phenoxy) is 2. The molecule has 0 saturated heterocycles. The average Bonchev–Trinajstić information content (AvgIpc) is 2.55. The first-order chi connectivity index (χ1) is 11.5. The quantitative estimate of drug-likeness (QED) is 0.635. The summed E-state index contributed by atoms with van der Waals surface area (Å²) < 4.78 is 34.0. The van der Waals surface area contributed by atoms with Crippen LogP contribution in [0.25, 0.3) is 0 Å². The van der Waals surface area contributed by atoms with Gasteiger partial charge in [-0.05, 0) is 48.0 Å². The molecule has 0 aliphatic rings. The van der Waals surface area contributed by atoms with E-state index in [-0.39, 0.29) is 11.5 Å². The Bertz CT molecular complexity index is 737. The van der Waals surface area contributed by atoms with Crippen molar-refractivity contribution < 1.29 is 23.0 Å². The number of amides is 1. The second-order valence-electron chi connectivity index (χ2n) is 4.49. The molecule has 2 aromatic rings. The first-order valence-corrected chi connectivity index (χ1v) is 7.09. The van der Waals surface area contributed by atoms with Crippen molar-refractivity contribution >= 4 is 23.7 Å².